The molecule has 0 aliphatic rings. The van der Waals surface area contributed by atoms with Crippen LogP contribution in [-0.4, -0.2) is 30.3 Å². The lowest BCUT2D eigenvalue weighted by molar-refractivity contribution is -0.139. The SMILES string of the molecule is C#CCC(NC(=O)Nc1cccc(OC)c1)C(=O)O. The van der Waals surface area contributed by atoms with Gasteiger partial charge in [0.15, 0.2) is 0 Å². The molecule has 19 heavy (non-hydrogen) atoms. The number of aliphatic carboxylic acids is 1. The summed E-state index contributed by atoms with van der Waals surface area (Å²) in [5.74, 6) is 1.59. The van der Waals surface area contributed by atoms with Crippen LogP contribution < -0.4 is 15.4 Å². The van der Waals surface area contributed by atoms with Crippen LogP contribution in [0.2, 0.25) is 0 Å². The molecule has 6 nitrogen and oxygen atoms in total. The Kier molecular flexibility index (Phi) is 5.23. The normalized spacial score (nSPS) is 10.9. The van der Waals surface area contributed by atoms with Crippen LogP contribution in [0.5, 0.6) is 5.75 Å². The van der Waals surface area contributed by atoms with Gasteiger partial charge in [0, 0.05) is 18.2 Å². The maximum Gasteiger partial charge on any atom is 0.327 e. The molecule has 0 spiro atoms. The zero-order valence-corrected chi connectivity index (χ0v) is 10.3. The summed E-state index contributed by atoms with van der Waals surface area (Å²) in [6, 6.07) is 4.92. The van der Waals surface area contributed by atoms with Crippen molar-refractivity contribution in [3.63, 3.8) is 0 Å². The van der Waals surface area contributed by atoms with Crippen LogP contribution in [0.15, 0.2) is 24.3 Å². The summed E-state index contributed by atoms with van der Waals surface area (Å²) in [7, 11) is 1.51. The number of carboxylic acid groups (broad SMARTS) is 1. The number of hydrogen-bond acceptors (Lipinski definition) is 3. The van der Waals surface area contributed by atoms with Crippen molar-refractivity contribution in [3.05, 3.63) is 24.3 Å². The summed E-state index contributed by atoms with van der Waals surface area (Å²) in [5.41, 5.74) is 0.488. The van der Waals surface area contributed by atoms with Crippen molar-refractivity contribution in [2.24, 2.45) is 0 Å². The zero-order chi connectivity index (χ0) is 14.3. The van der Waals surface area contributed by atoms with Crippen molar-refractivity contribution < 1.29 is 19.4 Å². The first-order valence-electron chi connectivity index (χ1n) is 5.44. The molecule has 1 aromatic rings. The van der Waals surface area contributed by atoms with Gasteiger partial charge < -0.3 is 20.5 Å². The highest BCUT2D eigenvalue weighted by Gasteiger charge is 2.18. The molecule has 0 heterocycles. The van der Waals surface area contributed by atoms with Gasteiger partial charge in [0.05, 0.1) is 7.11 Å². The first kappa shape index (κ1) is 14.4. The summed E-state index contributed by atoms with van der Waals surface area (Å²) >= 11 is 0. The van der Waals surface area contributed by atoms with Crippen LogP contribution in [0.3, 0.4) is 0 Å². The number of urea groups is 1. The predicted octanol–water partition coefficient (Wildman–Crippen LogP) is 1.29. The van der Waals surface area contributed by atoms with E-state index in [0.29, 0.717) is 11.4 Å². The lowest BCUT2D eigenvalue weighted by Crippen LogP contribution is -2.42. The maximum atomic E-state index is 11.6. The molecule has 0 saturated carbocycles. The van der Waals surface area contributed by atoms with E-state index in [1.807, 2.05) is 0 Å². The Hall–Kier alpha value is -2.68. The second kappa shape index (κ2) is 6.91. The molecule has 1 rings (SSSR count). The minimum absolute atomic E-state index is 0.0825. The number of carbonyl (C=O) groups excluding carboxylic acids is 1. The molecule has 0 aliphatic carbocycles. The third-order valence-electron chi connectivity index (χ3n) is 2.25. The van der Waals surface area contributed by atoms with Crippen LogP contribution in [0.25, 0.3) is 0 Å². The lowest BCUT2D eigenvalue weighted by Gasteiger charge is -2.13. The number of nitrogens with one attached hydrogen (secondary N) is 2. The molecule has 0 bridgehead atoms. The number of ether oxygens (including phenoxy) is 1. The van der Waals surface area contributed by atoms with Gasteiger partial charge in [0.1, 0.15) is 11.8 Å². The smallest absolute Gasteiger partial charge is 0.327 e. The zero-order valence-electron chi connectivity index (χ0n) is 10.3. The first-order chi connectivity index (χ1) is 9.06. The fraction of sp³-hybridized carbons (Fsp3) is 0.231. The minimum Gasteiger partial charge on any atom is -0.497 e. The largest absolute Gasteiger partial charge is 0.497 e. The number of amides is 2. The fourth-order valence-electron chi connectivity index (χ4n) is 1.34. The van der Waals surface area contributed by atoms with Crippen molar-refractivity contribution >= 4 is 17.7 Å². The Morgan fingerprint density at radius 1 is 1.53 bits per heavy atom. The summed E-state index contributed by atoms with van der Waals surface area (Å²) in [4.78, 5) is 22.4. The number of methoxy groups -OCH3 is 1. The average Bonchev–Trinajstić information content (AvgIpc) is 2.38. The maximum absolute atomic E-state index is 11.6. The highest BCUT2D eigenvalue weighted by Crippen LogP contribution is 2.16. The van der Waals surface area contributed by atoms with Gasteiger partial charge >= 0.3 is 12.0 Å². The molecule has 0 fully saturated rings. The van der Waals surface area contributed by atoms with Crippen LogP contribution >= 0.6 is 0 Å². The third kappa shape index (κ3) is 4.60. The van der Waals surface area contributed by atoms with Gasteiger partial charge in [0.2, 0.25) is 0 Å². The molecule has 1 atom stereocenters. The van der Waals surface area contributed by atoms with E-state index in [4.69, 9.17) is 16.3 Å². The topological polar surface area (TPSA) is 87.7 Å². The molecule has 3 N–H and O–H groups in total. The number of benzene rings is 1. The number of anilines is 1. The summed E-state index contributed by atoms with van der Waals surface area (Å²) in [5, 5.41) is 13.6. The molecule has 1 aromatic carbocycles. The van der Waals surface area contributed by atoms with Gasteiger partial charge in [-0.25, -0.2) is 9.59 Å². The number of terminal acetylenes is 1. The van der Waals surface area contributed by atoms with E-state index in [0.717, 1.165) is 0 Å². The van der Waals surface area contributed by atoms with Crippen molar-refractivity contribution in [1.82, 2.24) is 5.32 Å². The molecule has 100 valence electrons. The van der Waals surface area contributed by atoms with Gasteiger partial charge in [-0.1, -0.05) is 6.07 Å². The highest BCUT2D eigenvalue weighted by atomic mass is 16.5. The van der Waals surface area contributed by atoms with Crippen molar-refractivity contribution in [2.45, 2.75) is 12.5 Å². The van der Waals surface area contributed by atoms with Gasteiger partial charge in [-0.15, -0.1) is 12.3 Å². The van der Waals surface area contributed by atoms with Crippen LogP contribution in [0, 0.1) is 12.3 Å². The lowest BCUT2D eigenvalue weighted by atomic mass is 10.2. The first-order valence-corrected chi connectivity index (χ1v) is 5.44. The molecule has 0 radical (unpaired) electrons. The van der Waals surface area contributed by atoms with Crippen LogP contribution in [-0.2, 0) is 4.79 Å². The Morgan fingerprint density at radius 3 is 2.84 bits per heavy atom. The Morgan fingerprint density at radius 2 is 2.26 bits per heavy atom. The predicted molar refractivity (Wildman–Crippen MR) is 70.0 cm³/mol. The van der Waals surface area contributed by atoms with E-state index < -0.39 is 18.0 Å². The average molecular weight is 262 g/mol. The monoisotopic (exact) mass is 262 g/mol. The quantitative estimate of drug-likeness (QED) is 0.698. The molecular weight excluding hydrogens is 248 g/mol. The van der Waals surface area contributed by atoms with E-state index in [-0.39, 0.29) is 6.42 Å². The standard InChI is InChI=1S/C13H14N2O4/c1-3-5-11(12(16)17)15-13(18)14-9-6-4-7-10(8-9)19-2/h1,4,6-8,11H,5H2,2H3,(H,16,17)(H2,14,15,18). The van der Waals surface area contributed by atoms with Crippen LogP contribution in [0.4, 0.5) is 10.5 Å². The van der Waals surface area contributed by atoms with E-state index in [9.17, 15) is 9.59 Å². The molecular formula is C13H14N2O4. The molecule has 6 heteroatoms. The van der Waals surface area contributed by atoms with Gasteiger partial charge in [-0.05, 0) is 12.1 Å². The second-order valence-electron chi connectivity index (χ2n) is 3.63. The van der Waals surface area contributed by atoms with Gasteiger partial charge in [0.25, 0.3) is 0 Å². The molecule has 0 aliphatic heterocycles. The molecule has 0 aromatic heterocycles. The van der Waals surface area contributed by atoms with Crippen molar-refractivity contribution in [1.29, 1.82) is 0 Å². The molecule has 0 saturated heterocycles. The number of rotatable bonds is 5. The Labute approximate surface area is 110 Å². The van der Waals surface area contributed by atoms with E-state index in [2.05, 4.69) is 16.6 Å². The summed E-state index contributed by atoms with van der Waals surface area (Å²) in [6.45, 7) is 0. The minimum atomic E-state index is -1.18. The van der Waals surface area contributed by atoms with E-state index in [1.165, 1.54) is 7.11 Å². The summed E-state index contributed by atoms with van der Waals surface area (Å²) < 4.78 is 5.00. The van der Waals surface area contributed by atoms with Crippen molar-refractivity contribution in [2.75, 3.05) is 12.4 Å². The molecule has 2 amide bonds. The second-order valence-corrected chi connectivity index (χ2v) is 3.63. The Bertz CT molecular complexity index is 508. The fourth-order valence-corrected chi connectivity index (χ4v) is 1.34. The Balaban J connectivity index is 2.63. The van der Waals surface area contributed by atoms with Gasteiger partial charge in [-0.2, -0.15) is 0 Å². The van der Waals surface area contributed by atoms with Crippen molar-refractivity contribution in [3.8, 4) is 18.1 Å². The number of carbonyl (C=O) groups is 2. The molecule has 1 unspecified atom stereocenters. The van der Waals surface area contributed by atoms with Crippen LogP contribution in [0.1, 0.15) is 6.42 Å². The van der Waals surface area contributed by atoms with E-state index >= 15 is 0 Å². The third-order valence-corrected chi connectivity index (χ3v) is 2.25. The van der Waals surface area contributed by atoms with Gasteiger partial charge in [-0.3, -0.25) is 0 Å². The summed E-state index contributed by atoms with van der Waals surface area (Å²) in [6.07, 6.45) is 4.95. The number of carboxylic acids is 1. The highest BCUT2D eigenvalue weighted by molar-refractivity contribution is 5.92. The number of hydrogen-bond donors (Lipinski definition) is 3. The van der Waals surface area contributed by atoms with E-state index in [1.54, 1.807) is 24.3 Å².